The van der Waals surface area contributed by atoms with Crippen molar-refractivity contribution in [2.24, 2.45) is 0 Å². The molecule has 0 spiro atoms. The van der Waals surface area contributed by atoms with E-state index in [-0.39, 0.29) is 5.63 Å². The number of carbonyl (C=O) groups excluding carboxylic acids is 1. The maximum atomic E-state index is 12.5. The summed E-state index contributed by atoms with van der Waals surface area (Å²) >= 11 is 0. The first kappa shape index (κ1) is 16.0. The van der Waals surface area contributed by atoms with Crippen molar-refractivity contribution in [1.29, 1.82) is 0 Å². The number of fused-ring (bicyclic) bond motifs is 1. The Morgan fingerprint density at radius 1 is 1.04 bits per heavy atom. The molecule has 0 bridgehead atoms. The highest BCUT2D eigenvalue weighted by molar-refractivity contribution is 5.86. The van der Waals surface area contributed by atoms with Gasteiger partial charge in [0.05, 0.1) is 0 Å². The van der Waals surface area contributed by atoms with Crippen molar-refractivity contribution in [3.63, 3.8) is 0 Å². The van der Waals surface area contributed by atoms with Crippen LogP contribution in [-0.2, 0) is 11.2 Å². The summed E-state index contributed by atoms with van der Waals surface area (Å²) in [6, 6.07) is 13.4. The fourth-order valence-electron chi connectivity index (χ4n) is 2.84. The van der Waals surface area contributed by atoms with Crippen LogP contribution in [0, 0.1) is 13.8 Å². The van der Waals surface area contributed by atoms with Gasteiger partial charge in [-0.25, -0.2) is 4.79 Å². The Morgan fingerprint density at radius 2 is 1.75 bits per heavy atom. The Balaban J connectivity index is 2.14. The summed E-state index contributed by atoms with van der Waals surface area (Å²) in [7, 11) is 0. The fraction of sp³-hybridized carbons (Fsp3) is 0.200. The number of aryl methyl sites for hydroxylation is 2. The summed E-state index contributed by atoms with van der Waals surface area (Å²) in [6.07, 6.45) is 0.524. The zero-order chi connectivity index (χ0) is 17.3. The highest BCUT2D eigenvalue weighted by Gasteiger charge is 2.16. The number of esters is 1. The van der Waals surface area contributed by atoms with Gasteiger partial charge in [-0.05, 0) is 37.1 Å². The number of hydrogen-bond donors (Lipinski definition) is 0. The molecule has 0 radical (unpaired) electrons. The second-order valence-corrected chi connectivity index (χ2v) is 5.81. The van der Waals surface area contributed by atoms with Crippen LogP contribution in [0.2, 0.25) is 0 Å². The molecule has 0 aliphatic heterocycles. The van der Waals surface area contributed by atoms with E-state index >= 15 is 0 Å². The number of ether oxygens (including phenoxy) is 1. The smallest absolute Gasteiger partial charge is 0.340 e. The third-order valence-corrected chi connectivity index (χ3v) is 4.13. The van der Waals surface area contributed by atoms with Crippen LogP contribution in [0.1, 0.15) is 29.2 Å². The lowest BCUT2D eigenvalue weighted by atomic mass is 9.98. The Morgan fingerprint density at radius 3 is 2.42 bits per heavy atom. The summed E-state index contributed by atoms with van der Waals surface area (Å²) < 4.78 is 10.7. The van der Waals surface area contributed by atoms with Crippen molar-refractivity contribution in [3.8, 4) is 5.75 Å². The highest BCUT2D eigenvalue weighted by Crippen LogP contribution is 2.30. The summed E-state index contributed by atoms with van der Waals surface area (Å²) in [5.41, 5.74) is 3.35. The first-order valence-electron chi connectivity index (χ1n) is 7.75. The maximum Gasteiger partial charge on any atom is 0.340 e. The van der Waals surface area contributed by atoms with E-state index in [1.54, 1.807) is 13.0 Å². The number of benzene rings is 2. The normalized spacial score (nSPS) is 10.8. The van der Waals surface area contributed by atoms with Gasteiger partial charge >= 0.3 is 11.6 Å². The average molecular weight is 322 g/mol. The van der Waals surface area contributed by atoms with Gasteiger partial charge in [-0.1, -0.05) is 30.3 Å². The lowest BCUT2D eigenvalue weighted by Crippen LogP contribution is -2.12. The van der Waals surface area contributed by atoms with Crippen molar-refractivity contribution in [2.75, 3.05) is 0 Å². The quantitative estimate of drug-likeness (QED) is 0.416. The third kappa shape index (κ3) is 2.95. The SMILES string of the molecule is CC(=O)Oc1ccc2c(C)c(Cc3ccccc3)c(=O)oc2c1C. The van der Waals surface area contributed by atoms with Gasteiger partial charge in [-0.3, -0.25) is 4.79 Å². The molecule has 0 atom stereocenters. The zero-order valence-corrected chi connectivity index (χ0v) is 13.9. The molecule has 4 nitrogen and oxygen atoms in total. The molecule has 0 saturated carbocycles. The summed E-state index contributed by atoms with van der Waals surface area (Å²) in [5, 5.41) is 0.855. The molecule has 0 amide bonds. The lowest BCUT2D eigenvalue weighted by Gasteiger charge is -2.12. The maximum absolute atomic E-state index is 12.5. The van der Waals surface area contributed by atoms with Crippen molar-refractivity contribution < 1.29 is 13.9 Å². The van der Waals surface area contributed by atoms with Crippen LogP contribution < -0.4 is 10.4 Å². The predicted molar refractivity (Wildman–Crippen MR) is 92.5 cm³/mol. The van der Waals surface area contributed by atoms with Crippen LogP contribution in [0.4, 0.5) is 0 Å². The molecular formula is C20H18O4. The van der Waals surface area contributed by atoms with Gasteiger partial charge in [0.2, 0.25) is 0 Å². The molecule has 0 N–H and O–H groups in total. The molecule has 0 saturated heterocycles. The first-order chi connectivity index (χ1) is 11.5. The van der Waals surface area contributed by atoms with E-state index in [9.17, 15) is 9.59 Å². The topological polar surface area (TPSA) is 56.5 Å². The highest BCUT2D eigenvalue weighted by atomic mass is 16.5. The number of rotatable bonds is 3. The van der Waals surface area contributed by atoms with Crippen LogP contribution in [0.5, 0.6) is 5.75 Å². The van der Waals surface area contributed by atoms with Gasteiger partial charge in [-0.2, -0.15) is 0 Å². The van der Waals surface area contributed by atoms with Gasteiger partial charge in [0.1, 0.15) is 11.3 Å². The molecule has 0 fully saturated rings. The predicted octanol–water partition coefficient (Wildman–Crippen LogP) is 3.93. The number of carbonyl (C=O) groups is 1. The molecular weight excluding hydrogens is 304 g/mol. The van der Waals surface area contributed by atoms with Crippen molar-refractivity contribution in [2.45, 2.75) is 27.2 Å². The van der Waals surface area contributed by atoms with E-state index in [0.717, 1.165) is 16.5 Å². The summed E-state index contributed by atoms with van der Waals surface area (Å²) in [6.45, 7) is 5.04. The molecule has 2 aromatic carbocycles. The average Bonchev–Trinajstić information content (AvgIpc) is 2.55. The Hall–Kier alpha value is -2.88. The summed E-state index contributed by atoms with van der Waals surface area (Å²) in [4.78, 5) is 23.6. The molecule has 0 aliphatic carbocycles. The Kier molecular flexibility index (Phi) is 4.21. The van der Waals surface area contributed by atoms with Crippen LogP contribution >= 0.6 is 0 Å². The fourth-order valence-corrected chi connectivity index (χ4v) is 2.84. The Bertz CT molecular complexity index is 968. The van der Waals surface area contributed by atoms with E-state index in [2.05, 4.69) is 0 Å². The largest absolute Gasteiger partial charge is 0.426 e. The van der Waals surface area contributed by atoms with Crippen molar-refractivity contribution in [1.82, 2.24) is 0 Å². The molecule has 3 rings (SSSR count). The molecule has 1 heterocycles. The standard InChI is InChI=1S/C20H18O4/c1-12-16-9-10-18(23-14(3)21)13(2)19(16)24-20(22)17(12)11-15-7-5-4-6-8-15/h4-10H,11H2,1-3H3. The van der Waals surface area contributed by atoms with E-state index in [4.69, 9.17) is 9.15 Å². The van der Waals surface area contributed by atoms with Crippen LogP contribution in [-0.4, -0.2) is 5.97 Å². The molecule has 4 heteroatoms. The van der Waals surface area contributed by atoms with Crippen molar-refractivity contribution >= 4 is 16.9 Å². The molecule has 122 valence electrons. The molecule has 24 heavy (non-hydrogen) atoms. The zero-order valence-electron chi connectivity index (χ0n) is 13.9. The minimum absolute atomic E-state index is 0.355. The van der Waals surface area contributed by atoms with E-state index in [0.29, 0.717) is 28.9 Å². The van der Waals surface area contributed by atoms with Gasteiger partial charge < -0.3 is 9.15 Å². The first-order valence-corrected chi connectivity index (χ1v) is 7.75. The second-order valence-electron chi connectivity index (χ2n) is 5.81. The minimum Gasteiger partial charge on any atom is -0.426 e. The van der Waals surface area contributed by atoms with Crippen molar-refractivity contribution in [3.05, 3.63) is 75.1 Å². The lowest BCUT2D eigenvalue weighted by molar-refractivity contribution is -0.131. The minimum atomic E-state index is -0.405. The molecule has 1 aromatic heterocycles. The Labute approximate surface area is 139 Å². The number of hydrogen-bond acceptors (Lipinski definition) is 4. The van der Waals surface area contributed by atoms with E-state index in [1.165, 1.54) is 6.92 Å². The monoisotopic (exact) mass is 322 g/mol. The molecule has 0 aliphatic rings. The molecule has 0 unspecified atom stereocenters. The van der Waals surface area contributed by atoms with E-state index < -0.39 is 5.97 Å². The molecule has 3 aromatic rings. The van der Waals surface area contributed by atoms with Crippen LogP contribution in [0.3, 0.4) is 0 Å². The summed E-state index contributed by atoms with van der Waals surface area (Å²) in [5.74, 6) is 0.00516. The van der Waals surface area contributed by atoms with Gasteiger partial charge in [0.15, 0.2) is 0 Å². The third-order valence-electron chi connectivity index (χ3n) is 4.13. The van der Waals surface area contributed by atoms with Crippen LogP contribution in [0.15, 0.2) is 51.7 Å². The van der Waals surface area contributed by atoms with Gasteiger partial charge in [-0.15, -0.1) is 0 Å². The second kappa shape index (κ2) is 6.32. The van der Waals surface area contributed by atoms with Gasteiger partial charge in [0.25, 0.3) is 0 Å². The van der Waals surface area contributed by atoms with Gasteiger partial charge in [0, 0.05) is 29.9 Å². The van der Waals surface area contributed by atoms with E-state index in [1.807, 2.05) is 43.3 Å². The van der Waals surface area contributed by atoms with Crippen LogP contribution in [0.25, 0.3) is 11.0 Å².